The second-order valence-corrected chi connectivity index (χ2v) is 6.30. The van der Waals surface area contributed by atoms with Crippen LogP contribution in [0, 0.1) is 0 Å². The summed E-state index contributed by atoms with van der Waals surface area (Å²) < 4.78 is 0. The number of thioether (sulfide) groups is 1. The van der Waals surface area contributed by atoms with Gasteiger partial charge in [-0.15, -0.1) is 0 Å². The molecule has 0 spiro atoms. The Labute approximate surface area is 111 Å². The van der Waals surface area contributed by atoms with E-state index in [2.05, 4.69) is 37.9 Å². The number of carbonyl (C=O) groups excluding carboxylic acids is 1. The van der Waals surface area contributed by atoms with E-state index in [0.717, 1.165) is 5.56 Å². The molecule has 1 aromatic carbocycles. The van der Waals surface area contributed by atoms with E-state index in [1.807, 2.05) is 18.2 Å². The minimum Gasteiger partial charge on any atom is -0.378 e. The van der Waals surface area contributed by atoms with Gasteiger partial charge in [-0.3, -0.25) is 4.79 Å². The zero-order valence-corrected chi connectivity index (χ0v) is 11.5. The molecule has 0 radical (unpaired) electrons. The van der Waals surface area contributed by atoms with Crippen molar-refractivity contribution in [2.24, 2.45) is 10.7 Å². The zero-order valence-electron chi connectivity index (χ0n) is 10.7. The molecule has 0 saturated carbocycles. The molecule has 1 amide bonds. The van der Waals surface area contributed by atoms with Crippen LogP contribution in [0.3, 0.4) is 0 Å². The Morgan fingerprint density at radius 2 is 1.83 bits per heavy atom. The van der Waals surface area contributed by atoms with Crippen LogP contribution in [0.5, 0.6) is 0 Å². The molecule has 0 atom stereocenters. The van der Waals surface area contributed by atoms with Crippen LogP contribution in [0.25, 0.3) is 6.08 Å². The maximum atomic E-state index is 11.5. The number of benzene rings is 1. The van der Waals surface area contributed by atoms with Crippen molar-refractivity contribution in [1.82, 2.24) is 0 Å². The number of carbonyl (C=O) groups is 1. The third-order valence-electron chi connectivity index (χ3n) is 2.71. The number of nitrogens with zero attached hydrogens (tertiary/aromatic N) is 1. The van der Waals surface area contributed by atoms with Crippen molar-refractivity contribution >= 4 is 28.9 Å². The van der Waals surface area contributed by atoms with Crippen LogP contribution in [0.15, 0.2) is 34.2 Å². The Morgan fingerprint density at radius 3 is 2.28 bits per heavy atom. The van der Waals surface area contributed by atoms with Crippen LogP contribution < -0.4 is 5.73 Å². The third kappa shape index (κ3) is 2.82. The highest BCUT2D eigenvalue weighted by atomic mass is 32.2. The first kappa shape index (κ1) is 12.9. The first-order chi connectivity index (χ1) is 8.36. The van der Waals surface area contributed by atoms with E-state index in [4.69, 9.17) is 5.73 Å². The quantitative estimate of drug-likeness (QED) is 0.790. The van der Waals surface area contributed by atoms with Gasteiger partial charge in [-0.05, 0) is 34.4 Å². The van der Waals surface area contributed by atoms with Gasteiger partial charge < -0.3 is 5.73 Å². The summed E-state index contributed by atoms with van der Waals surface area (Å²) in [5, 5.41) is 0.317. The molecule has 0 unspecified atom stereocenters. The number of hydrogen-bond acceptors (Lipinski definition) is 3. The number of hydrogen-bond donors (Lipinski definition) is 1. The van der Waals surface area contributed by atoms with Crippen LogP contribution in [0.4, 0.5) is 0 Å². The van der Waals surface area contributed by atoms with Gasteiger partial charge >= 0.3 is 0 Å². The molecule has 4 heteroatoms. The van der Waals surface area contributed by atoms with Crippen LogP contribution in [0.2, 0.25) is 0 Å². The van der Waals surface area contributed by atoms with Gasteiger partial charge in [0.2, 0.25) is 0 Å². The fraction of sp³-hybridized carbons (Fsp3) is 0.286. The summed E-state index contributed by atoms with van der Waals surface area (Å²) in [5.41, 5.74) is 7.90. The van der Waals surface area contributed by atoms with Gasteiger partial charge in [-0.25, -0.2) is 0 Å². The summed E-state index contributed by atoms with van der Waals surface area (Å²) in [7, 11) is 0. The average Bonchev–Trinajstić information content (AvgIpc) is 2.57. The zero-order chi connectivity index (χ0) is 13.3. The summed E-state index contributed by atoms with van der Waals surface area (Å²) in [4.78, 5) is 15.7. The van der Waals surface area contributed by atoms with E-state index in [-0.39, 0.29) is 11.3 Å². The standard InChI is InChI=1S/C14H16N2OS/c1-14(2,3)10-6-4-9(5-7-10)8-11-12(17)16-13(15)18-11/h4-8H,1-3H3,(H2,15,16,17)/b11-8+. The van der Waals surface area contributed by atoms with Crippen molar-refractivity contribution in [3.8, 4) is 0 Å². The maximum absolute atomic E-state index is 11.5. The van der Waals surface area contributed by atoms with Crippen LogP contribution >= 0.6 is 11.8 Å². The molecule has 0 aromatic heterocycles. The Kier molecular flexibility index (Phi) is 3.30. The third-order valence-corrected chi connectivity index (χ3v) is 3.52. The van der Waals surface area contributed by atoms with E-state index in [9.17, 15) is 4.79 Å². The van der Waals surface area contributed by atoms with Gasteiger partial charge in [-0.2, -0.15) is 4.99 Å². The van der Waals surface area contributed by atoms with Crippen molar-refractivity contribution in [3.63, 3.8) is 0 Å². The lowest BCUT2D eigenvalue weighted by molar-refractivity contribution is -0.113. The lowest BCUT2D eigenvalue weighted by atomic mass is 9.87. The predicted octanol–water partition coefficient (Wildman–Crippen LogP) is 2.91. The van der Waals surface area contributed by atoms with E-state index >= 15 is 0 Å². The van der Waals surface area contributed by atoms with Crippen LogP contribution in [-0.2, 0) is 10.2 Å². The van der Waals surface area contributed by atoms with E-state index in [1.54, 1.807) is 0 Å². The molecule has 2 rings (SSSR count). The molecule has 1 heterocycles. The fourth-order valence-corrected chi connectivity index (χ4v) is 2.34. The lowest BCUT2D eigenvalue weighted by Crippen LogP contribution is -2.10. The van der Waals surface area contributed by atoms with E-state index in [1.165, 1.54) is 17.3 Å². The van der Waals surface area contributed by atoms with Gasteiger partial charge in [0.05, 0.1) is 4.91 Å². The topological polar surface area (TPSA) is 55.4 Å². The highest BCUT2D eigenvalue weighted by Crippen LogP contribution is 2.27. The molecule has 94 valence electrons. The van der Waals surface area contributed by atoms with Crippen LogP contribution in [-0.4, -0.2) is 11.1 Å². The Hall–Kier alpha value is -1.55. The Bertz CT molecular complexity index is 536. The lowest BCUT2D eigenvalue weighted by Gasteiger charge is -2.18. The highest BCUT2D eigenvalue weighted by molar-refractivity contribution is 8.18. The minimum absolute atomic E-state index is 0.136. The number of aliphatic imine (C=N–C) groups is 1. The second-order valence-electron chi connectivity index (χ2n) is 5.24. The Morgan fingerprint density at radius 1 is 1.22 bits per heavy atom. The second kappa shape index (κ2) is 4.61. The van der Waals surface area contributed by atoms with Gasteiger partial charge in [0.15, 0.2) is 5.17 Å². The SMILES string of the molecule is CC(C)(C)c1ccc(/C=C2/SC(N)=NC2=O)cc1. The van der Waals surface area contributed by atoms with Gasteiger partial charge in [0.1, 0.15) is 0 Å². The number of amidine groups is 1. The van der Waals surface area contributed by atoms with Crippen molar-refractivity contribution in [2.75, 3.05) is 0 Å². The first-order valence-electron chi connectivity index (χ1n) is 5.75. The molecular weight excluding hydrogens is 244 g/mol. The summed E-state index contributed by atoms with van der Waals surface area (Å²) in [6.45, 7) is 6.52. The Balaban J connectivity index is 2.22. The summed E-state index contributed by atoms with van der Waals surface area (Å²) in [5.74, 6) is -0.252. The van der Waals surface area contributed by atoms with Crippen molar-refractivity contribution in [3.05, 3.63) is 40.3 Å². The summed E-state index contributed by atoms with van der Waals surface area (Å²) >= 11 is 1.22. The number of nitrogens with two attached hydrogens (primary N) is 1. The molecule has 0 aliphatic carbocycles. The molecule has 0 fully saturated rings. The molecule has 18 heavy (non-hydrogen) atoms. The van der Waals surface area contributed by atoms with E-state index in [0.29, 0.717) is 10.1 Å². The molecule has 3 nitrogen and oxygen atoms in total. The molecular formula is C14H16N2OS. The van der Waals surface area contributed by atoms with E-state index < -0.39 is 0 Å². The predicted molar refractivity (Wildman–Crippen MR) is 77.3 cm³/mol. The average molecular weight is 260 g/mol. The smallest absolute Gasteiger partial charge is 0.286 e. The number of amides is 1. The molecule has 0 bridgehead atoms. The van der Waals surface area contributed by atoms with Crippen LogP contribution in [0.1, 0.15) is 31.9 Å². The highest BCUT2D eigenvalue weighted by Gasteiger charge is 2.19. The first-order valence-corrected chi connectivity index (χ1v) is 6.56. The van der Waals surface area contributed by atoms with Crippen molar-refractivity contribution in [1.29, 1.82) is 0 Å². The maximum Gasteiger partial charge on any atom is 0.286 e. The number of rotatable bonds is 1. The molecule has 2 N–H and O–H groups in total. The molecule has 1 aliphatic heterocycles. The monoisotopic (exact) mass is 260 g/mol. The summed E-state index contributed by atoms with van der Waals surface area (Å²) in [6, 6.07) is 8.19. The molecule has 0 saturated heterocycles. The normalized spacial score (nSPS) is 18.3. The van der Waals surface area contributed by atoms with Crippen molar-refractivity contribution < 1.29 is 4.79 Å². The minimum atomic E-state index is -0.252. The van der Waals surface area contributed by atoms with Crippen molar-refractivity contribution in [2.45, 2.75) is 26.2 Å². The van der Waals surface area contributed by atoms with Gasteiger partial charge in [0.25, 0.3) is 5.91 Å². The molecule has 1 aliphatic rings. The fourth-order valence-electron chi connectivity index (χ4n) is 1.66. The van der Waals surface area contributed by atoms with Gasteiger partial charge in [-0.1, -0.05) is 45.0 Å². The molecule has 1 aromatic rings. The van der Waals surface area contributed by atoms with Gasteiger partial charge in [0, 0.05) is 0 Å². The largest absolute Gasteiger partial charge is 0.378 e. The summed E-state index contributed by atoms with van der Waals surface area (Å²) in [6.07, 6.45) is 1.82.